The van der Waals surface area contributed by atoms with Gasteiger partial charge in [0.15, 0.2) is 0 Å². The lowest BCUT2D eigenvalue weighted by atomic mass is 9.96. The van der Waals surface area contributed by atoms with Crippen LogP contribution in [0, 0.1) is 11.8 Å². The molecular formula is C13H24N2O. The SMILES string of the molecule is O=C(NCCC1CCCNC1)C1CCCC1. The molecule has 0 aromatic heterocycles. The van der Waals surface area contributed by atoms with Crippen molar-refractivity contribution in [2.24, 2.45) is 11.8 Å². The summed E-state index contributed by atoms with van der Waals surface area (Å²) in [7, 11) is 0. The van der Waals surface area contributed by atoms with E-state index in [0.29, 0.717) is 11.8 Å². The number of hydrogen-bond donors (Lipinski definition) is 2. The second kappa shape index (κ2) is 6.24. The smallest absolute Gasteiger partial charge is 0.223 e. The molecule has 2 fully saturated rings. The van der Waals surface area contributed by atoms with Gasteiger partial charge in [-0.05, 0) is 51.1 Å². The van der Waals surface area contributed by atoms with E-state index in [-0.39, 0.29) is 0 Å². The van der Waals surface area contributed by atoms with Crippen LogP contribution in [0.1, 0.15) is 44.9 Å². The van der Waals surface area contributed by atoms with Gasteiger partial charge in [0.2, 0.25) is 5.91 Å². The summed E-state index contributed by atoms with van der Waals surface area (Å²) < 4.78 is 0. The minimum absolute atomic E-state index is 0.307. The van der Waals surface area contributed by atoms with Gasteiger partial charge < -0.3 is 10.6 Å². The third-order valence-electron chi connectivity index (χ3n) is 3.98. The van der Waals surface area contributed by atoms with Gasteiger partial charge in [-0.1, -0.05) is 12.8 Å². The molecule has 16 heavy (non-hydrogen) atoms. The number of carbonyl (C=O) groups excluding carboxylic acids is 1. The predicted molar refractivity (Wildman–Crippen MR) is 65.2 cm³/mol. The topological polar surface area (TPSA) is 41.1 Å². The van der Waals surface area contributed by atoms with Gasteiger partial charge in [0.1, 0.15) is 0 Å². The van der Waals surface area contributed by atoms with Crippen molar-refractivity contribution in [1.29, 1.82) is 0 Å². The van der Waals surface area contributed by atoms with Crippen LogP contribution in [0.5, 0.6) is 0 Å². The number of nitrogens with one attached hydrogen (secondary N) is 2. The number of rotatable bonds is 4. The number of carbonyl (C=O) groups is 1. The highest BCUT2D eigenvalue weighted by Crippen LogP contribution is 2.24. The Labute approximate surface area is 98.4 Å². The van der Waals surface area contributed by atoms with Crippen LogP contribution in [0.15, 0.2) is 0 Å². The Morgan fingerprint density at radius 1 is 1.19 bits per heavy atom. The van der Waals surface area contributed by atoms with Crippen molar-refractivity contribution >= 4 is 5.91 Å². The van der Waals surface area contributed by atoms with Crippen LogP contribution in [-0.2, 0) is 4.79 Å². The third kappa shape index (κ3) is 3.48. The minimum Gasteiger partial charge on any atom is -0.356 e. The molecule has 2 aliphatic rings. The third-order valence-corrected chi connectivity index (χ3v) is 3.98. The fourth-order valence-electron chi connectivity index (χ4n) is 2.90. The summed E-state index contributed by atoms with van der Waals surface area (Å²) in [5, 5.41) is 6.52. The van der Waals surface area contributed by atoms with Crippen LogP contribution in [-0.4, -0.2) is 25.5 Å². The van der Waals surface area contributed by atoms with E-state index in [0.717, 1.165) is 38.3 Å². The monoisotopic (exact) mass is 224 g/mol. The van der Waals surface area contributed by atoms with Crippen molar-refractivity contribution in [3.63, 3.8) is 0 Å². The minimum atomic E-state index is 0.307. The molecule has 0 aromatic rings. The normalized spacial score (nSPS) is 26.9. The molecule has 3 heteroatoms. The maximum Gasteiger partial charge on any atom is 0.223 e. The van der Waals surface area contributed by atoms with Gasteiger partial charge in [-0.2, -0.15) is 0 Å². The second-order valence-corrected chi connectivity index (χ2v) is 5.27. The molecule has 1 atom stereocenters. The number of piperidine rings is 1. The fraction of sp³-hybridized carbons (Fsp3) is 0.923. The molecule has 1 saturated heterocycles. The summed E-state index contributed by atoms with van der Waals surface area (Å²) in [5.41, 5.74) is 0. The average molecular weight is 224 g/mol. The van der Waals surface area contributed by atoms with E-state index in [1.807, 2.05) is 0 Å². The molecule has 2 rings (SSSR count). The molecular weight excluding hydrogens is 200 g/mol. The maximum atomic E-state index is 11.8. The Bertz CT molecular complexity index is 218. The zero-order valence-electron chi connectivity index (χ0n) is 10.1. The summed E-state index contributed by atoms with van der Waals surface area (Å²) in [6.45, 7) is 3.19. The molecule has 0 radical (unpaired) electrons. The quantitative estimate of drug-likeness (QED) is 0.763. The first-order valence-electron chi connectivity index (χ1n) is 6.84. The summed E-state index contributed by atoms with van der Waals surface area (Å²) in [5.74, 6) is 1.41. The van der Waals surface area contributed by atoms with E-state index in [9.17, 15) is 4.79 Å². The van der Waals surface area contributed by atoms with Crippen LogP contribution in [0.25, 0.3) is 0 Å². The van der Waals surface area contributed by atoms with Gasteiger partial charge in [-0.15, -0.1) is 0 Å². The molecule has 92 valence electrons. The molecule has 1 unspecified atom stereocenters. The van der Waals surface area contributed by atoms with Gasteiger partial charge in [0.05, 0.1) is 0 Å². The first-order valence-corrected chi connectivity index (χ1v) is 6.84. The predicted octanol–water partition coefficient (Wildman–Crippen LogP) is 1.68. The van der Waals surface area contributed by atoms with Crippen molar-refractivity contribution in [3.05, 3.63) is 0 Å². The summed E-state index contributed by atoms with van der Waals surface area (Å²) in [6, 6.07) is 0. The molecule has 0 aromatic carbocycles. The molecule has 0 spiro atoms. The van der Waals surface area contributed by atoms with E-state index < -0.39 is 0 Å². The highest BCUT2D eigenvalue weighted by atomic mass is 16.1. The molecule has 1 heterocycles. The Hall–Kier alpha value is -0.570. The highest BCUT2D eigenvalue weighted by molar-refractivity contribution is 5.78. The van der Waals surface area contributed by atoms with Crippen LogP contribution in [0.2, 0.25) is 0 Å². The first kappa shape index (κ1) is 11.9. The number of amides is 1. The van der Waals surface area contributed by atoms with Gasteiger partial charge in [-0.3, -0.25) is 4.79 Å². The Morgan fingerprint density at radius 3 is 2.69 bits per heavy atom. The fourth-order valence-corrected chi connectivity index (χ4v) is 2.90. The van der Waals surface area contributed by atoms with Gasteiger partial charge in [0, 0.05) is 12.5 Å². The number of hydrogen-bond acceptors (Lipinski definition) is 2. The van der Waals surface area contributed by atoms with Crippen LogP contribution in [0.3, 0.4) is 0 Å². The summed E-state index contributed by atoms with van der Waals surface area (Å²) in [6.07, 6.45) is 8.46. The maximum absolute atomic E-state index is 11.8. The standard InChI is InChI=1S/C13H24N2O/c16-13(12-5-1-2-6-12)15-9-7-11-4-3-8-14-10-11/h11-12,14H,1-10H2,(H,15,16). The van der Waals surface area contributed by atoms with Crippen molar-refractivity contribution in [2.75, 3.05) is 19.6 Å². The van der Waals surface area contributed by atoms with Gasteiger partial charge >= 0.3 is 0 Å². The Morgan fingerprint density at radius 2 is 2.00 bits per heavy atom. The van der Waals surface area contributed by atoms with Crippen molar-refractivity contribution in [1.82, 2.24) is 10.6 Å². The van der Waals surface area contributed by atoms with Gasteiger partial charge in [0.25, 0.3) is 0 Å². The van der Waals surface area contributed by atoms with Crippen LogP contribution >= 0.6 is 0 Å². The van der Waals surface area contributed by atoms with E-state index in [1.54, 1.807) is 0 Å². The highest BCUT2D eigenvalue weighted by Gasteiger charge is 2.22. The molecule has 1 aliphatic heterocycles. The lowest BCUT2D eigenvalue weighted by Gasteiger charge is -2.22. The van der Waals surface area contributed by atoms with E-state index >= 15 is 0 Å². The largest absolute Gasteiger partial charge is 0.356 e. The molecule has 3 nitrogen and oxygen atoms in total. The molecule has 1 aliphatic carbocycles. The average Bonchev–Trinajstić information content (AvgIpc) is 2.84. The van der Waals surface area contributed by atoms with E-state index in [1.165, 1.54) is 32.2 Å². The summed E-state index contributed by atoms with van der Waals surface area (Å²) in [4.78, 5) is 11.8. The van der Waals surface area contributed by atoms with Crippen molar-refractivity contribution in [2.45, 2.75) is 44.9 Å². The lowest BCUT2D eigenvalue weighted by Crippen LogP contribution is -2.34. The molecule has 1 amide bonds. The van der Waals surface area contributed by atoms with Crippen LogP contribution in [0.4, 0.5) is 0 Å². The van der Waals surface area contributed by atoms with Gasteiger partial charge in [-0.25, -0.2) is 0 Å². The first-order chi connectivity index (χ1) is 7.86. The molecule has 1 saturated carbocycles. The lowest BCUT2D eigenvalue weighted by molar-refractivity contribution is -0.124. The zero-order valence-corrected chi connectivity index (χ0v) is 10.1. The van der Waals surface area contributed by atoms with E-state index in [4.69, 9.17) is 0 Å². The zero-order chi connectivity index (χ0) is 11.2. The Kier molecular flexibility index (Phi) is 4.64. The van der Waals surface area contributed by atoms with Crippen molar-refractivity contribution in [3.8, 4) is 0 Å². The molecule has 2 N–H and O–H groups in total. The molecule has 0 bridgehead atoms. The van der Waals surface area contributed by atoms with Crippen LogP contribution < -0.4 is 10.6 Å². The summed E-state index contributed by atoms with van der Waals surface area (Å²) >= 11 is 0. The second-order valence-electron chi connectivity index (χ2n) is 5.27. The Balaban J connectivity index is 1.57. The van der Waals surface area contributed by atoms with Crippen molar-refractivity contribution < 1.29 is 4.79 Å². The van der Waals surface area contributed by atoms with E-state index in [2.05, 4.69) is 10.6 Å².